The third-order valence-corrected chi connectivity index (χ3v) is 3.55. The third kappa shape index (κ3) is 3.91. The molecule has 0 saturated carbocycles. The van der Waals surface area contributed by atoms with Gasteiger partial charge in [-0.15, -0.1) is 0 Å². The lowest BCUT2D eigenvalue weighted by Gasteiger charge is -2.11. The Bertz CT molecular complexity index is 819. The number of hydrogen-bond donors (Lipinski definition) is 1. The molecule has 1 N–H and O–H groups in total. The number of hydrogen-bond acceptors (Lipinski definition) is 3. The molecule has 2 aromatic rings. The monoisotopic (exact) mass is 356 g/mol. The number of ketones is 1. The van der Waals surface area contributed by atoms with Crippen molar-refractivity contribution in [3.8, 4) is 0 Å². The van der Waals surface area contributed by atoms with Crippen LogP contribution in [0.15, 0.2) is 30.3 Å². The van der Waals surface area contributed by atoms with Gasteiger partial charge in [-0.3, -0.25) is 9.59 Å². The number of carbonyl (C=O) groups excluding carboxylic acids is 2. The molecule has 0 aliphatic rings. The smallest absolute Gasteiger partial charge is 0.322 e. The summed E-state index contributed by atoms with van der Waals surface area (Å²) >= 11 is 5.88. The second kappa shape index (κ2) is 6.60. The van der Waals surface area contributed by atoms with Crippen LogP contribution >= 0.6 is 11.6 Å². The van der Waals surface area contributed by atoms with Crippen LogP contribution < -0.4 is 5.32 Å². The molecule has 8 heteroatoms. The van der Waals surface area contributed by atoms with E-state index in [-0.39, 0.29) is 27.6 Å². The summed E-state index contributed by atoms with van der Waals surface area (Å²) in [4.78, 5) is 27.1. The molecule has 2 rings (SSSR count). The van der Waals surface area contributed by atoms with Gasteiger partial charge in [-0.25, -0.2) is 4.98 Å². The van der Waals surface area contributed by atoms with Crippen molar-refractivity contribution in [3.63, 3.8) is 0 Å². The maximum Gasteiger partial charge on any atom is 0.433 e. The van der Waals surface area contributed by atoms with Crippen LogP contribution in [0.5, 0.6) is 0 Å². The second-order valence-electron chi connectivity index (χ2n) is 5.03. The fourth-order valence-corrected chi connectivity index (χ4v) is 2.28. The van der Waals surface area contributed by atoms with E-state index in [0.29, 0.717) is 5.69 Å². The van der Waals surface area contributed by atoms with Gasteiger partial charge in [-0.05, 0) is 44.2 Å². The van der Waals surface area contributed by atoms with Crippen LogP contribution in [-0.2, 0) is 6.18 Å². The van der Waals surface area contributed by atoms with Crippen LogP contribution in [0.3, 0.4) is 0 Å². The minimum absolute atomic E-state index is 0.00215. The summed E-state index contributed by atoms with van der Waals surface area (Å²) < 4.78 is 37.8. The molecule has 0 saturated heterocycles. The average molecular weight is 357 g/mol. The molecule has 0 spiro atoms. The molecule has 4 nitrogen and oxygen atoms in total. The Morgan fingerprint density at radius 2 is 1.79 bits per heavy atom. The highest BCUT2D eigenvalue weighted by molar-refractivity contribution is 6.34. The highest BCUT2D eigenvalue weighted by Crippen LogP contribution is 2.28. The van der Waals surface area contributed by atoms with Gasteiger partial charge in [-0.2, -0.15) is 13.2 Å². The van der Waals surface area contributed by atoms with Crippen molar-refractivity contribution in [1.82, 2.24) is 4.98 Å². The Hall–Kier alpha value is -2.41. The van der Waals surface area contributed by atoms with Gasteiger partial charge in [0.2, 0.25) is 0 Å². The molecule has 1 heterocycles. The number of aromatic nitrogens is 1. The zero-order valence-electron chi connectivity index (χ0n) is 12.7. The molecule has 1 aromatic heterocycles. The summed E-state index contributed by atoms with van der Waals surface area (Å²) in [5.41, 5.74) is -0.585. The van der Waals surface area contributed by atoms with Gasteiger partial charge in [0.15, 0.2) is 5.78 Å². The first-order valence-electron chi connectivity index (χ1n) is 6.76. The Morgan fingerprint density at radius 1 is 1.12 bits per heavy atom. The Balaban J connectivity index is 2.28. The number of nitrogens with zero attached hydrogens (tertiary/aromatic N) is 1. The van der Waals surface area contributed by atoms with Crippen LogP contribution in [0, 0.1) is 6.92 Å². The van der Waals surface area contributed by atoms with E-state index in [2.05, 4.69) is 10.3 Å². The van der Waals surface area contributed by atoms with Gasteiger partial charge in [0.05, 0.1) is 16.3 Å². The van der Waals surface area contributed by atoms with Gasteiger partial charge < -0.3 is 5.32 Å². The van der Waals surface area contributed by atoms with E-state index in [1.807, 2.05) is 0 Å². The summed E-state index contributed by atoms with van der Waals surface area (Å²) in [6.45, 7) is 2.64. The van der Waals surface area contributed by atoms with Gasteiger partial charge in [-0.1, -0.05) is 11.6 Å². The van der Waals surface area contributed by atoms with Crippen molar-refractivity contribution in [1.29, 1.82) is 0 Å². The summed E-state index contributed by atoms with van der Waals surface area (Å²) in [5.74, 6) is -0.908. The van der Waals surface area contributed by atoms with Crippen LogP contribution in [0.2, 0.25) is 5.02 Å². The van der Waals surface area contributed by atoms with Crippen molar-refractivity contribution in [2.45, 2.75) is 20.0 Å². The number of anilines is 1. The lowest BCUT2D eigenvalue weighted by Crippen LogP contribution is -2.17. The normalized spacial score (nSPS) is 11.2. The van der Waals surface area contributed by atoms with E-state index in [0.717, 1.165) is 12.1 Å². The highest BCUT2D eigenvalue weighted by atomic mass is 35.5. The quantitative estimate of drug-likeness (QED) is 0.823. The molecule has 0 aliphatic carbocycles. The van der Waals surface area contributed by atoms with E-state index in [1.54, 1.807) is 0 Å². The zero-order valence-corrected chi connectivity index (χ0v) is 13.4. The molecule has 0 fully saturated rings. The molecular weight excluding hydrogens is 345 g/mol. The minimum Gasteiger partial charge on any atom is -0.322 e. The van der Waals surface area contributed by atoms with Crippen LogP contribution in [0.4, 0.5) is 18.9 Å². The number of aryl methyl sites for hydroxylation is 1. The zero-order chi connectivity index (χ0) is 18.1. The first kappa shape index (κ1) is 17.9. The van der Waals surface area contributed by atoms with E-state index in [4.69, 9.17) is 11.6 Å². The number of benzene rings is 1. The second-order valence-corrected chi connectivity index (χ2v) is 5.44. The van der Waals surface area contributed by atoms with Crippen molar-refractivity contribution >= 4 is 29.0 Å². The summed E-state index contributed by atoms with van der Waals surface area (Å²) in [6, 6.07) is 6.13. The largest absolute Gasteiger partial charge is 0.433 e. The number of halogens is 4. The number of Topliss-reactive ketones (excluding diaryl/α,β-unsaturated/α-hetero) is 1. The number of pyridine rings is 1. The molecule has 0 aliphatic heterocycles. The van der Waals surface area contributed by atoms with E-state index in [9.17, 15) is 22.8 Å². The standard InChI is InChI=1S/C16H12ClF3N2O2/c1-8-11(4-6-14(21-8)16(18,19)20)15(24)22-10-3-5-13(17)12(7-10)9(2)23/h3-7H,1-2H3,(H,22,24). The van der Waals surface area contributed by atoms with Gasteiger partial charge in [0.1, 0.15) is 5.69 Å². The predicted molar refractivity (Wildman–Crippen MR) is 83.4 cm³/mol. The minimum atomic E-state index is -4.58. The topological polar surface area (TPSA) is 59.1 Å². The van der Waals surface area contributed by atoms with Gasteiger partial charge in [0, 0.05) is 11.3 Å². The van der Waals surface area contributed by atoms with Crippen LogP contribution in [0.1, 0.15) is 39.0 Å². The van der Waals surface area contributed by atoms with E-state index < -0.39 is 17.8 Å². The summed E-state index contributed by atoms with van der Waals surface area (Å²) in [6.07, 6.45) is -4.58. The maximum absolute atomic E-state index is 12.6. The lowest BCUT2D eigenvalue weighted by molar-refractivity contribution is -0.141. The van der Waals surface area contributed by atoms with Crippen LogP contribution in [0.25, 0.3) is 0 Å². The number of alkyl halides is 3. The molecule has 0 radical (unpaired) electrons. The van der Waals surface area contributed by atoms with Crippen molar-refractivity contribution in [2.24, 2.45) is 0 Å². The van der Waals surface area contributed by atoms with Crippen molar-refractivity contribution in [3.05, 3.63) is 57.9 Å². The molecule has 0 unspecified atom stereocenters. The number of carbonyl (C=O) groups is 2. The number of rotatable bonds is 3. The molecule has 1 amide bonds. The first-order chi connectivity index (χ1) is 11.1. The molecular formula is C16H12ClF3N2O2. The van der Waals surface area contributed by atoms with E-state index >= 15 is 0 Å². The fraction of sp³-hybridized carbons (Fsp3) is 0.188. The van der Waals surface area contributed by atoms with Crippen molar-refractivity contribution < 1.29 is 22.8 Å². The predicted octanol–water partition coefficient (Wildman–Crippen LogP) is 4.52. The molecule has 24 heavy (non-hydrogen) atoms. The Morgan fingerprint density at radius 3 is 2.33 bits per heavy atom. The maximum atomic E-state index is 12.6. The Kier molecular flexibility index (Phi) is 4.94. The SMILES string of the molecule is CC(=O)c1cc(NC(=O)c2ccc(C(F)(F)F)nc2C)ccc1Cl. The fourth-order valence-electron chi connectivity index (χ4n) is 2.03. The van der Waals surface area contributed by atoms with Crippen LogP contribution in [-0.4, -0.2) is 16.7 Å². The van der Waals surface area contributed by atoms with Gasteiger partial charge >= 0.3 is 6.18 Å². The molecule has 126 valence electrons. The summed E-state index contributed by atoms with van der Waals surface area (Å²) in [5, 5.41) is 2.75. The van der Waals surface area contributed by atoms with E-state index in [1.165, 1.54) is 32.0 Å². The average Bonchev–Trinajstić information content (AvgIpc) is 2.47. The third-order valence-electron chi connectivity index (χ3n) is 3.22. The lowest BCUT2D eigenvalue weighted by atomic mass is 10.1. The molecule has 0 atom stereocenters. The number of nitrogens with one attached hydrogen (secondary N) is 1. The number of amides is 1. The van der Waals surface area contributed by atoms with Gasteiger partial charge in [0.25, 0.3) is 5.91 Å². The highest BCUT2D eigenvalue weighted by Gasteiger charge is 2.33. The Labute approximate surface area is 140 Å². The molecule has 0 bridgehead atoms. The molecule has 1 aromatic carbocycles. The van der Waals surface area contributed by atoms with Crippen molar-refractivity contribution in [2.75, 3.05) is 5.32 Å². The summed E-state index contributed by atoms with van der Waals surface area (Å²) in [7, 11) is 0. The first-order valence-corrected chi connectivity index (χ1v) is 7.14.